The Morgan fingerprint density at radius 1 is 0.920 bits per heavy atom. The largest absolute Gasteiger partial charge is 0.478 e. The molecule has 0 saturated carbocycles. The van der Waals surface area contributed by atoms with E-state index in [1.165, 1.54) is 6.92 Å². The summed E-state index contributed by atoms with van der Waals surface area (Å²) in [6.07, 6.45) is 4.35. The van der Waals surface area contributed by atoms with Crippen LogP contribution in [0.3, 0.4) is 0 Å². The Bertz CT molecular complexity index is 693. The molecule has 1 aromatic carbocycles. The molecule has 25 heavy (non-hydrogen) atoms. The fraction of sp³-hybridized carbons (Fsp3) is 0.438. The molecule has 0 spiro atoms. The van der Waals surface area contributed by atoms with Gasteiger partial charge in [-0.3, -0.25) is 9.59 Å². The highest BCUT2D eigenvalue weighted by Gasteiger charge is 2.25. The molecule has 0 aliphatic carbocycles. The third-order valence-corrected chi connectivity index (χ3v) is 6.59. The van der Waals surface area contributed by atoms with Crippen LogP contribution in [0.4, 0.5) is 11.4 Å². The van der Waals surface area contributed by atoms with Crippen molar-refractivity contribution in [2.45, 2.75) is 46.0 Å². The van der Waals surface area contributed by atoms with E-state index in [9.17, 15) is 19.5 Å². The molecular formula is C16H19I3N2O4. The molecule has 1 aromatic rings. The Balaban J connectivity index is 3.20. The second kappa shape index (κ2) is 10.8. The highest BCUT2D eigenvalue weighted by atomic mass is 127. The van der Waals surface area contributed by atoms with Crippen molar-refractivity contribution >= 4 is 96.9 Å². The summed E-state index contributed by atoms with van der Waals surface area (Å²) in [7, 11) is 0. The molecule has 2 amide bonds. The topological polar surface area (TPSA) is 95.5 Å². The fourth-order valence-corrected chi connectivity index (χ4v) is 6.33. The zero-order valence-corrected chi connectivity index (χ0v) is 20.3. The number of anilines is 2. The molecule has 9 heteroatoms. The number of amides is 2. The van der Waals surface area contributed by atoms with E-state index in [1.54, 1.807) is 0 Å². The van der Waals surface area contributed by atoms with Gasteiger partial charge in [0, 0.05) is 13.3 Å². The minimum atomic E-state index is -1.10. The fourth-order valence-electron chi connectivity index (χ4n) is 2.16. The van der Waals surface area contributed by atoms with Crippen LogP contribution in [0.25, 0.3) is 0 Å². The molecule has 0 fully saturated rings. The summed E-state index contributed by atoms with van der Waals surface area (Å²) in [5.41, 5.74) is 0.919. The van der Waals surface area contributed by atoms with E-state index in [4.69, 9.17) is 0 Å². The van der Waals surface area contributed by atoms with Crippen LogP contribution in [0.1, 0.15) is 56.3 Å². The Hall–Kier alpha value is -0.180. The Morgan fingerprint density at radius 3 is 1.96 bits per heavy atom. The molecule has 3 N–H and O–H groups in total. The maximum atomic E-state index is 12.2. The maximum absolute atomic E-state index is 12.2. The number of hydrogen-bond acceptors (Lipinski definition) is 3. The van der Waals surface area contributed by atoms with Crippen LogP contribution in [0.15, 0.2) is 0 Å². The number of carbonyl (C=O) groups is 3. The second-order valence-corrected chi connectivity index (χ2v) is 8.65. The third kappa shape index (κ3) is 6.48. The highest BCUT2D eigenvalue weighted by Crippen LogP contribution is 2.39. The monoisotopic (exact) mass is 684 g/mol. The quantitative estimate of drug-likeness (QED) is 0.264. The third-order valence-electron chi connectivity index (χ3n) is 3.35. The lowest BCUT2D eigenvalue weighted by Crippen LogP contribution is -2.19. The summed E-state index contributed by atoms with van der Waals surface area (Å²) >= 11 is 5.85. The van der Waals surface area contributed by atoms with Crippen LogP contribution in [0.5, 0.6) is 0 Å². The lowest BCUT2D eigenvalue weighted by molar-refractivity contribution is -0.116. The van der Waals surface area contributed by atoms with Gasteiger partial charge in [-0.05, 0) is 74.2 Å². The van der Waals surface area contributed by atoms with Gasteiger partial charge in [0.1, 0.15) is 0 Å². The van der Waals surface area contributed by atoms with Gasteiger partial charge in [0.15, 0.2) is 0 Å². The van der Waals surface area contributed by atoms with Crippen molar-refractivity contribution in [2.75, 3.05) is 10.6 Å². The van der Waals surface area contributed by atoms with Crippen molar-refractivity contribution in [2.24, 2.45) is 0 Å². The summed E-state index contributed by atoms with van der Waals surface area (Å²) in [5, 5.41) is 15.0. The van der Waals surface area contributed by atoms with E-state index < -0.39 is 5.97 Å². The first-order chi connectivity index (χ1) is 11.7. The number of aromatic carboxylic acids is 1. The first kappa shape index (κ1) is 22.9. The van der Waals surface area contributed by atoms with Crippen LogP contribution in [0, 0.1) is 10.7 Å². The number of carboxylic acid groups (broad SMARTS) is 1. The van der Waals surface area contributed by atoms with Gasteiger partial charge in [-0.2, -0.15) is 0 Å². The number of hydrogen-bond donors (Lipinski definition) is 3. The van der Waals surface area contributed by atoms with E-state index in [2.05, 4.69) is 17.6 Å². The predicted octanol–water partition coefficient (Wildman–Crippen LogP) is 5.07. The molecule has 138 valence electrons. The Morgan fingerprint density at radius 2 is 1.48 bits per heavy atom. The molecule has 0 bridgehead atoms. The smallest absolute Gasteiger partial charge is 0.338 e. The lowest BCUT2D eigenvalue weighted by atomic mass is 10.1. The molecule has 0 aliphatic heterocycles. The molecule has 0 aliphatic rings. The van der Waals surface area contributed by atoms with Crippen LogP contribution in [-0.2, 0) is 9.59 Å². The minimum absolute atomic E-state index is 0.0756. The van der Waals surface area contributed by atoms with Crippen molar-refractivity contribution < 1.29 is 19.5 Å². The van der Waals surface area contributed by atoms with Gasteiger partial charge in [0.25, 0.3) is 0 Å². The first-order valence-corrected chi connectivity index (χ1v) is 10.9. The van der Waals surface area contributed by atoms with Gasteiger partial charge < -0.3 is 15.7 Å². The van der Waals surface area contributed by atoms with Crippen LogP contribution in [-0.4, -0.2) is 22.9 Å². The summed E-state index contributed by atoms with van der Waals surface area (Å²) in [4.78, 5) is 35.3. The molecule has 0 aromatic heterocycles. The minimum Gasteiger partial charge on any atom is -0.478 e. The van der Waals surface area contributed by atoms with E-state index in [1.807, 2.05) is 67.8 Å². The van der Waals surface area contributed by atoms with E-state index in [0.29, 0.717) is 28.5 Å². The van der Waals surface area contributed by atoms with Crippen molar-refractivity contribution in [1.29, 1.82) is 0 Å². The van der Waals surface area contributed by atoms with E-state index >= 15 is 0 Å². The number of carbonyl (C=O) groups excluding carboxylic acids is 2. The number of halogens is 3. The summed E-state index contributed by atoms with van der Waals surface area (Å²) < 4.78 is 1.51. The lowest BCUT2D eigenvalue weighted by Gasteiger charge is -2.18. The van der Waals surface area contributed by atoms with E-state index in [-0.39, 0.29) is 17.4 Å². The molecule has 1 rings (SSSR count). The van der Waals surface area contributed by atoms with Gasteiger partial charge in [-0.1, -0.05) is 26.2 Å². The number of unbranched alkanes of at least 4 members (excludes halogenated alkanes) is 3. The summed E-state index contributed by atoms with van der Waals surface area (Å²) in [5.74, 6) is -1.56. The van der Waals surface area contributed by atoms with Crippen molar-refractivity contribution in [3.63, 3.8) is 0 Å². The molecular weight excluding hydrogens is 665 g/mol. The summed E-state index contributed by atoms with van der Waals surface area (Å²) in [6, 6.07) is 0. The van der Waals surface area contributed by atoms with Crippen molar-refractivity contribution in [1.82, 2.24) is 0 Å². The maximum Gasteiger partial charge on any atom is 0.338 e. The zero-order chi connectivity index (χ0) is 19.1. The molecule has 0 atom stereocenters. The van der Waals surface area contributed by atoms with Crippen molar-refractivity contribution in [3.8, 4) is 0 Å². The van der Waals surface area contributed by atoms with Gasteiger partial charge in [-0.25, -0.2) is 4.79 Å². The number of benzene rings is 1. The van der Waals surface area contributed by atoms with Gasteiger partial charge in [0.2, 0.25) is 11.8 Å². The molecule has 6 nitrogen and oxygen atoms in total. The molecule has 0 unspecified atom stereocenters. The Labute approximate surface area is 187 Å². The van der Waals surface area contributed by atoms with Gasteiger partial charge >= 0.3 is 5.97 Å². The van der Waals surface area contributed by atoms with Crippen LogP contribution in [0.2, 0.25) is 0 Å². The predicted molar refractivity (Wildman–Crippen MR) is 123 cm³/mol. The van der Waals surface area contributed by atoms with Gasteiger partial charge in [-0.15, -0.1) is 0 Å². The van der Waals surface area contributed by atoms with Crippen LogP contribution < -0.4 is 10.6 Å². The average Bonchev–Trinajstić information content (AvgIpc) is 2.52. The number of nitrogens with one attached hydrogen (secondary N) is 2. The van der Waals surface area contributed by atoms with Gasteiger partial charge in [0.05, 0.1) is 27.6 Å². The average molecular weight is 684 g/mol. The standard InChI is InChI=1S/C16H19I3N2O4/c1-3-4-5-6-7-9(23)21-15-12(18)10(16(24)25)11(17)14(13(15)19)20-8(2)22/h3-7H2,1-2H3,(H,20,22)(H,21,23)(H,24,25). The normalized spacial score (nSPS) is 10.4. The Kier molecular flexibility index (Phi) is 9.92. The number of carboxylic acids is 1. The van der Waals surface area contributed by atoms with Crippen LogP contribution >= 0.6 is 67.8 Å². The molecule has 0 saturated heterocycles. The second-order valence-electron chi connectivity index (χ2n) is 5.41. The van der Waals surface area contributed by atoms with E-state index in [0.717, 1.165) is 25.7 Å². The SMILES string of the molecule is CCCCCCC(=O)Nc1c(I)c(NC(C)=O)c(I)c(C(=O)O)c1I. The first-order valence-electron chi connectivity index (χ1n) is 7.71. The molecule has 0 radical (unpaired) electrons. The van der Waals surface area contributed by atoms with Crippen molar-refractivity contribution in [3.05, 3.63) is 16.3 Å². The number of rotatable bonds is 8. The molecule has 0 heterocycles. The summed E-state index contributed by atoms with van der Waals surface area (Å²) in [6.45, 7) is 3.46. The highest BCUT2D eigenvalue weighted by molar-refractivity contribution is 14.1. The zero-order valence-electron chi connectivity index (χ0n) is 13.8.